The summed E-state index contributed by atoms with van der Waals surface area (Å²) in [7, 11) is 0. The highest BCUT2D eigenvalue weighted by Crippen LogP contribution is 2.16. The molecule has 0 aliphatic heterocycles. The van der Waals surface area contributed by atoms with E-state index in [-0.39, 0.29) is 11.6 Å². The second kappa shape index (κ2) is 7.83. The summed E-state index contributed by atoms with van der Waals surface area (Å²) in [4.78, 5) is 0. The minimum absolute atomic E-state index is 0.209. The van der Waals surface area contributed by atoms with Gasteiger partial charge in [-0.1, -0.05) is 39.1 Å². The van der Waals surface area contributed by atoms with Gasteiger partial charge in [-0.2, -0.15) is 0 Å². The number of benzene rings is 2. The lowest BCUT2D eigenvalue weighted by molar-refractivity contribution is 0.617. The summed E-state index contributed by atoms with van der Waals surface area (Å²) < 4.78 is 25.1. The molecule has 0 aliphatic carbocycles. The highest BCUT2D eigenvalue weighted by Gasteiger charge is 1.99. The van der Waals surface area contributed by atoms with Crippen LogP contribution >= 0.6 is 39.1 Å². The summed E-state index contributed by atoms with van der Waals surface area (Å²) >= 11 is 14.3. The Kier molecular flexibility index (Phi) is 6.76. The molecule has 0 unspecified atom stereocenters. The van der Waals surface area contributed by atoms with E-state index in [0.29, 0.717) is 26.5 Å². The Balaban J connectivity index is 0.000000191. The first-order chi connectivity index (χ1) is 8.93. The molecule has 0 fully saturated rings. The van der Waals surface area contributed by atoms with E-state index in [0.717, 1.165) is 0 Å². The lowest BCUT2D eigenvalue weighted by Crippen LogP contribution is -1.83. The van der Waals surface area contributed by atoms with Crippen LogP contribution in [0.2, 0.25) is 10.0 Å². The third-order valence-electron chi connectivity index (χ3n) is 2.27. The first kappa shape index (κ1) is 16.4. The van der Waals surface area contributed by atoms with Crippen LogP contribution < -0.4 is 0 Å². The standard InChI is InChI=1S/C7H5BrClF.C7H6ClF/c8-4-5-3-6(9)1-2-7(5)10;1-5-4-6(8)2-3-7(5)9/h1-3H,4H2;2-4H,1H3. The molecule has 19 heavy (non-hydrogen) atoms. The van der Waals surface area contributed by atoms with Crippen LogP contribution in [0.1, 0.15) is 11.1 Å². The van der Waals surface area contributed by atoms with E-state index in [4.69, 9.17) is 23.2 Å². The third kappa shape index (κ3) is 5.47. The number of hydrogen-bond acceptors (Lipinski definition) is 0. The molecular formula is C14H11BrCl2F2. The lowest BCUT2D eigenvalue weighted by Gasteiger charge is -1.96. The maximum atomic E-state index is 12.7. The van der Waals surface area contributed by atoms with Crippen molar-refractivity contribution in [2.24, 2.45) is 0 Å². The Morgan fingerprint density at radius 2 is 1.47 bits per heavy atom. The molecule has 5 heteroatoms. The number of rotatable bonds is 1. The quantitative estimate of drug-likeness (QED) is 0.529. The van der Waals surface area contributed by atoms with Gasteiger partial charge >= 0.3 is 0 Å². The Bertz CT molecular complexity index is 559. The number of aryl methyl sites for hydroxylation is 1. The van der Waals surface area contributed by atoms with E-state index in [1.807, 2.05) is 0 Å². The normalized spacial score (nSPS) is 9.79. The molecule has 2 rings (SSSR count). The molecule has 0 N–H and O–H groups in total. The highest BCUT2D eigenvalue weighted by molar-refractivity contribution is 9.08. The Hall–Kier alpha value is -0.640. The first-order valence-corrected chi connectivity index (χ1v) is 7.23. The first-order valence-electron chi connectivity index (χ1n) is 5.35. The molecule has 0 atom stereocenters. The maximum absolute atomic E-state index is 12.7. The summed E-state index contributed by atoms with van der Waals surface area (Å²) in [5.41, 5.74) is 1.18. The van der Waals surface area contributed by atoms with Gasteiger partial charge in [-0.25, -0.2) is 8.78 Å². The zero-order valence-electron chi connectivity index (χ0n) is 10.1. The zero-order valence-corrected chi connectivity index (χ0v) is 13.2. The van der Waals surface area contributed by atoms with Gasteiger partial charge in [-0.3, -0.25) is 0 Å². The van der Waals surface area contributed by atoms with Crippen LogP contribution in [-0.2, 0) is 5.33 Å². The van der Waals surface area contributed by atoms with Gasteiger partial charge in [-0.15, -0.1) is 0 Å². The van der Waals surface area contributed by atoms with Crippen molar-refractivity contribution in [2.45, 2.75) is 12.3 Å². The number of hydrogen-bond donors (Lipinski definition) is 0. The van der Waals surface area contributed by atoms with E-state index in [2.05, 4.69) is 15.9 Å². The van der Waals surface area contributed by atoms with Crippen LogP contribution in [0, 0.1) is 18.6 Å². The fourth-order valence-corrected chi connectivity index (χ4v) is 2.10. The molecule has 0 bridgehead atoms. The van der Waals surface area contributed by atoms with Crippen LogP contribution in [0.3, 0.4) is 0 Å². The van der Waals surface area contributed by atoms with Crippen molar-refractivity contribution in [3.63, 3.8) is 0 Å². The molecule has 2 aromatic carbocycles. The molecule has 0 heterocycles. The van der Waals surface area contributed by atoms with Crippen molar-refractivity contribution < 1.29 is 8.78 Å². The van der Waals surface area contributed by atoms with Crippen LogP contribution in [0.5, 0.6) is 0 Å². The van der Waals surface area contributed by atoms with Crippen LogP contribution in [-0.4, -0.2) is 0 Å². The summed E-state index contributed by atoms with van der Waals surface area (Å²) in [5.74, 6) is -0.430. The molecule has 0 spiro atoms. The van der Waals surface area contributed by atoms with Crippen molar-refractivity contribution in [1.82, 2.24) is 0 Å². The van der Waals surface area contributed by atoms with Gasteiger partial charge in [0.25, 0.3) is 0 Å². The van der Waals surface area contributed by atoms with Gasteiger partial charge < -0.3 is 0 Å². The average Bonchev–Trinajstić information content (AvgIpc) is 2.38. The van der Waals surface area contributed by atoms with Gasteiger partial charge in [-0.05, 0) is 54.4 Å². The second-order valence-corrected chi connectivity index (χ2v) is 5.20. The van der Waals surface area contributed by atoms with Gasteiger partial charge in [0.2, 0.25) is 0 Å². The van der Waals surface area contributed by atoms with E-state index in [1.165, 1.54) is 24.3 Å². The average molecular weight is 368 g/mol. The number of alkyl halides is 1. The molecule has 0 aromatic heterocycles. The summed E-state index contributed by atoms with van der Waals surface area (Å²) in [6.07, 6.45) is 0. The van der Waals surface area contributed by atoms with Crippen molar-refractivity contribution >= 4 is 39.1 Å². The van der Waals surface area contributed by atoms with Crippen molar-refractivity contribution in [3.8, 4) is 0 Å². The van der Waals surface area contributed by atoms with Gasteiger partial charge in [0.15, 0.2) is 0 Å². The monoisotopic (exact) mass is 366 g/mol. The number of halogens is 5. The predicted octanol–water partition coefficient (Wildman–Crippen LogP) is 6.16. The SMILES string of the molecule is Cc1cc(Cl)ccc1F.Fc1ccc(Cl)cc1CBr. The van der Waals surface area contributed by atoms with Crippen LogP contribution in [0.25, 0.3) is 0 Å². The molecule has 102 valence electrons. The second-order valence-electron chi connectivity index (χ2n) is 3.76. The Morgan fingerprint density at radius 1 is 0.947 bits per heavy atom. The largest absolute Gasteiger partial charge is 0.207 e. The fourth-order valence-electron chi connectivity index (χ4n) is 1.25. The minimum Gasteiger partial charge on any atom is -0.207 e. The molecule has 0 radical (unpaired) electrons. The fraction of sp³-hybridized carbons (Fsp3) is 0.143. The van der Waals surface area contributed by atoms with Gasteiger partial charge in [0.1, 0.15) is 11.6 Å². The van der Waals surface area contributed by atoms with Crippen molar-refractivity contribution in [1.29, 1.82) is 0 Å². The topological polar surface area (TPSA) is 0 Å². The zero-order chi connectivity index (χ0) is 14.4. The molecule has 0 amide bonds. The Morgan fingerprint density at radius 3 is 1.89 bits per heavy atom. The van der Waals surface area contributed by atoms with Crippen LogP contribution in [0.15, 0.2) is 36.4 Å². The minimum atomic E-state index is -0.221. The molecular weight excluding hydrogens is 357 g/mol. The van der Waals surface area contributed by atoms with Crippen molar-refractivity contribution in [3.05, 3.63) is 69.2 Å². The molecule has 0 nitrogen and oxygen atoms in total. The van der Waals surface area contributed by atoms with E-state index in [9.17, 15) is 8.78 Å². The highest BCUT2D eigenvalue weighted by atomic mass is 79.9. The van der Waals surface area contributed by atoms with E-state index >= 15 is 0 Å². The summed E-state index contributed by atoms with van der Waals surface area (Å²) in [6, 6.07) is 8.98. The Labute approximate surface area is 129 Å². The van der Waals surface area contributed by atoms with E-state index in [1.54, 1.807) is 19.1 Å². The van der Waals surface area contributed by atoms with Crippen LogP contribution in [0.4, 0.5) is 8.78 Å². The van der Waals surface area contributed by atoms with Gasteiger partial charge in [0.05, 0.1) is 0 Å². The predicted molar refractivity (Wildman–Crippen MR) is 80.2 cm³/mol. The van der Waals surface area contributed by atoms with Gasteiger partial charge in [0, 0.05) is 15.4 Å². The molecule has 2 aromatic rings. The van der Waals surface area contributed by atoms with E-state index < -0.39 is 0 Å². The summed E-state index contributed by atoms with van der Waals surface area (Å²) in [5, 5.41) is 1.64. The lowest BCUT2D eigenvalue weighted by atomic mass is 10.2. The maximum Gasteiger partial charge on any atom is 0.127 e. The molecule has 0 saturated heterocycles. The smallest absolute Gasteiger partial charge is 0.127 e. The van der Waals surface area contributed by atoms with Crippen molar-refractivity contribution in [2.75, 3.05) is 0 Å². The third-order valence-corrected chi connectivity index (χ3v) is 3.35. The molecule has 0 saturated carbocycles. The molecule has 0 aliphatic rings. The summed E-state index contributed by atoms with van der Waals surface area (Å²) in [6.45, 7) is 1.68.